The number of imide groups is 2. The molecule has 65 heavy (non-hydrogen) atoms. The van der Waals surface area contributed by atoms with E-state index >= 15 is 4.39 Å². The number of aliphatic hydroxyl groups excluding tert-OH is 1. The molecule has 4 N–H and O–H groups in total. The highest BCUT2D eigenvalue weighted by molar-refractivity contribution is 6.23. The van der Waals surface area contributed by atoms with Crippen molar-refractivity contribution >= 4 is 62.7 Å². The van der Waals surface area contributed by atoms with Crippen LogP contribution >= 0.6 is 0 Å². The van der Waals surface area contributed by atoms with Crippen LogP contribution in [0.2, 0.25) is 0 Å². The molecule has 2 unspecified atom stereocenters. The summed E-state index contributed by atoms with van der Waals surface area (Å²) >= 11 is 0. The highest BCUT2D eigenvalue weighted by Crippen LogP contribution is 2.34. The SMILES string of the molecule is CCc1ccc2c(c1)c(=O)c(C(=O)Nc1ccc(Oc3ncnc4cc(OCCCCCC(O)Nc5ccc6c(c5)C(=O)N(C5CCC(=O)NC5=O)C6=O)c(C)cc34)c(F)c1)c(C)n2C. The minimum Gasteiger partial charge on any atom is -0.493 e. The lowest BCUT2D eigenvalue weighted by molar-refractivity contribution is -0.136. The highest BCUT2D eigenvalue weighted by atomic mass is 19.1. The van der Waals surface area contributed by atoms with Crippen LogP contribution in [0, 0.1) is 19.7 Å². The number of carbonyl (C=O) groups excluding carboxylic acids is 5. The van der Waals surface area contributed by atoms with Gasteiger partial charge in [-0.15, -0.1) is 0 Å². The predicted octanol–water partition coefficient (Wildman–Crippen LogP) is 6.62. The average molecular weight is 884 g/mol. The van der Waals surface area contributed by atoms with Crippen molar-refractivity contribution in [3.8, 4) is 17.4 Å². The number of aromatic nitrogens is 3. The Morgan fingerprint density at radius 2 is 1.69 bits per heavy atom. The number of hydrogen-bond acceptors (Lipinski definition) is 12. The summed E-state index contributed by atoms with van der Waals surface area (Å²) in [6.45, 7) is 5.92. The van der Waals surface area contributed by atoms with Gasteiger partial charge >= 0.3 is 0 Å². The largest absolute Gasteiger partial charge is 0.493 e. The van der Waals surface area contributed by atoms with Crippen LogP contribution in [0.4, 0.5) is 15.8 Å². The average Bonchev–Trinajstić information content (AvgIpc) is 3.52. The second-order valence-electron chi connectivity index (χ2n) is 16.1. The summed E-state index contributed by atoms with van der Waals surface area (Å²) < 4.78 is 29.3. The van der Waals surface area contributed by atoms with Crippen LogP contribution in [-0.2, 0) is 23.1 Å². The van der Waals surface area contributed by atoms with E-state index in [0.29, 0.717) is 64.8 Å². The number of aliphatic hydroxyl groups is 1. The van der Waals surface area contributed by atoms with Crippen LogP contribution in [0.25, 0.3) is 21.8 Å². The van der Waals surface area contributed by atoms with E-state index in [-0.39, 0.29) is 46.8 Å². The summed E-state index contributed by atoms with van der Waals surface area (Å²) in [5.74, 6) is -3.20. The number of carbonyl (C=O) groups is 5. The number of pyridine rings is 1. The fourth-order valence-corrected chi connectivity index (χ4v) is 8.18. The fraction of sp³-hybridized carbons (Fsp3) is 0.292. The third-order valence-electron chi connectivity index (χ3n) is 11.8. The number of aryl methyl sites for hydroxylation is 3. The first-order chi connectivity index (χ1) is 31.2. The van der Waals surface area contributed by atoms with Crippen molar-refractivity contribution in [1.29, 1.82) is 0 Å². The number of halogens is 1. The molecule has 5 amide bonds. The minimum absolute atomic E-state index is 0.0247. The Bertz CT molecular complexity index is 3010. The number of unbranched alkanes of at least 4 members (excludes halogenated alkanes) is 2. The van der Waals surface area contributed by atoms with Gasteiger partial charge in [-0.3, -0.25) is 39.0 Å². The van der Waals surface area contributed by atoms with Gasteiger partial charge < -0.3 is 29.8 Å². The molecular weight excluding hydrogens is 838 g/mol. The first-order valence-corrected chi connectivity index (χ1v) is 21.3. The van der Waals surface area contributed by atoms with Gasteiger partial charge in [0.15, 0.2) is 11.6 Å². The Labute approximate surface area is 371 Å². The van der Waals surface area contributed by atoms with E-state index < -0.39 is 53.1 Å². The summed E-state index contributed by atoms with van der Waals surface area (Å²) in [6, 6.07) is 16.6. The van der Waals surface area contributed by atoms with Gasteiger partial charge in [0.05, 0.1) is 34.2 Å². The molecule has 4 heterocycles. The molecular formula is C48H46FN7O9. The number of amides is 5. The Morgan fingerprint density at radius 1 is 0.908 bits per heavy atom. The number of nitrogens with one attached hydrogen (secondary N) is 3. The van der Waals surface area contributed by atoms with Crippen LogP contribution in [0.5, 0.6) is 17.4 Å². The lowest BCUT2D eigenvalue weighted by Crippen LogP contribution is -2.54. The van der Waals surface area contributed by atoms with Gasteiger partial charge in [-0.1, -0.05) is 13.0 Å². The van der Waals surface area contributed by atoms with Gasteiger partial charge in [-0.05, 0) is 112 Å². The normalized spacial score (nSPS) is 15.3. The van der Waals surface area contributed by atoms with E-state index in [1.807, 2.05) is 26.0 Å². The van der Waals surface area contributed by atoms with Crippen molar-refractivity contribution in [2.75, 3.05) is 17.2 Å². The summed E-state index contributed by atoms with van der Waals surface area (Å²) in [5.41, 5.74) is 3.86. The molecule has 334 valence electrons. The van der Waals surface area contributed by atoms with Gasteiger partial charge in [0, 0.05) is 48.1 Å². The van der Waals surface area contributed by atoms with Crippen LogP contribution in [0.1, 0.15) is 93.3 Å². The number of rotatable bonds is 15. The second kappa shape index (κ2) is 18.3. The molecule has 0 bridgehead atoms. The van der Waals surface area contributed by atoms with E-state index in [9.17, 15) is 33.9 Å². The summed E-state index contributed by atoms with van der Waals surface area (Å²) in [7, 11) is 1.79. The van der Waals surface area contributed by atoms with Crippen molar-refractivity contribution in [1.82, 2.24) is 24.8 Å². The lowest BCUT2D eigenvalue weighted by atomic mass is 10.0. The molecule has 16 nitrogen and oxygen atoms in total. The molecule has 6 aromatic rings. The minimum atomic E-state index is -1.06. The quantitative estimate of drug-likeness (QED) is 0.0488. The molecule has 4 aromatic carbocycles. The fourth-order valence-electron chi connectivity index (χ4n) is 8.18. The topological polar surface area (TPSA) is 211 Å². The second-order valence-corrected chi connectivity index (χ2v) is 16.1. The van der Waals surface area contributed by atoms with Gasteiger partial charge in [0.2, 0.25) is 23.1 Å². The highest BCUT2D eigenvalue weighted by Gasteiger charge is 2.44. The van der Waals surface area contributed by atoms with Gasteiger partial charge in [-0.25, -0.2) is 14.4 Å². The molecule has 0 spiro atoms. The van der Waals surface area contributed by atoms with Crippen LogP contribution in [0.15, 0.2) is 77.9 Å². The zero-order chi connectivity index (χ0) is 46.1. The number of piperidine rings is 1. The molecule has 1 fully saturated rings. The molecule has 2 aromatic heterocycles. The van der Waals surface area contributed by atoms with E-state index in [0.717, 1.165) is 34.9 Å². The summed E-state index contributed by atoms with van der Waals surface area (Å²) in [6.07, 6.45) is 3.65. The van der Waals surface area contributed by atoms with Crippen molar-refractivity contribution < 1.29 is 42.9 Å². The number of hydrogen-bond donors (Lipinski definition) is 4. The molecule has 0 radical (unpaired) electrons. The number of benzene rings is 4. The number of nitrogens with zero attached hydrogens (tertiary/aromatic N) is 4. The molecule has 2 atom stereocenters. The van der Waals surface area contributed by atoms with Crippen LogP contribution in [-0.4, -0.2) is 73.0 Å². The molecule has 2 aliphatic rings. The first kappa shape index (κ1) is 44.1. The van der Waals surface area contributed by atoms with Gasteiger partial charge in [-0.2, -0.15) is 0 Å². The number of anilines is 2. The molecule has 0 aliphatic carbocycles. The Balaban J connectivity index is 0.827. The van der Waals surface area contributed by atoms with Crippen molar-refractivity contribution in [2.45, 2.75) is 78.0 Å². The third kappa shape index (κ3) is 8.87. The van der Waals surface area contributed by atoms with E-state index in [2.05, 4.69) is 25.9 Å². The van der Waals surface area contributed by atoms with Crippen molar-refractivity contribution in [3.05, 3.63) is 123 Å². The number of fused-ring (bicyclic) bond motifs is 3. The third-order valence-corrected chi connectivity index (χ3v) is 11.8. The Kier molecular flexibility index (Phi) is 12.4. The lowest BCUT2D eigenvalue weighted by Gasteiger charge is -2.27. The number of ether oxygens (including phenoxy) is 2. The molecule has 0 saturated carbocycles. The van der Waals surface area contributed by atoms with Gasteiger partial charge in [0.25, 0.3) is 17.7 Å². The smallest absolute Gasteiger partial charge is 0.262 e. The Morgan fingerprint density at radius 3 is 2.46 bits per heavy atom. The van der Waals surface area contributed by atoms with Crippen molar-refractivity contribution in [3.63, 3.8) is 0 Å². The van der Waals surface area contributed by atoms with Crippen LogP contribution in [0.3, 0.4) is 0 Å². The zero-order valence-electron chi connectivity index (χ0n) is 36.1. The Hall–Kier alpha value is -7.53. The van der Waals surface area contributed by atoms with E-state index in [1.54, 1.807) is 42.8 Å². The molecule has 1 saturated heterocycles. The standard InChI is InChI=1S/C48H46FN7O9/c1-5-27-10-14-36-33(20-27)43(59)42(26(3)55(36)4)45(61)53-29-12-16-38(34(49)22-29)65-46-32-19-25(2)39(23-35(32)50-24-51-46)64-18-8-6-7-9-40(57)52-28-11-13-30-31(21-28)48(63)56(47(30)62)37-15-17-41(58)54-44(37)60/h10-14,16,19-24,37,40,52,57H,5-9,15,17-18H2,1-4H3,(H,53,61)(H,54,58,60). The van der Waals surface area contributed by atoms with E-state index in [1.165, 1.54) is 30.6 Å². The summed E-state index contributed by atoms with van der Waals surface area (Å²) in [4.78, 5) is 86.5. The zero-order valence-corrected chi connectivity index (χ0v) is 36.1. The van der Waals surface area contributed by atoms with Crippen molar-refractivity contribution in [2.24, 2.45) is 7.05 Å². The summed E-state index contributed by atoms with van der Waals surface area (Å²) in [5, 5.41) is 19.4. The predicted molar refractivity (Wildman–Crippen MR) is 239 cm³/mol. The maximum absolute atomic E-state index is 15.5. The van der Waals surface area contributed by atoms with E-state index in [4.69, 9.17) is 9.47 Å². The molecule has 17 heteroatoms. The van der Waals surface area contributed by atoms with Crippen LogP contribution < -0.4 is 30.9 Å². The monoisotopic (exact) mass is 883 g/mol. The maximum atomic E-state index is 15.5. The van der Waals surface area contributed by atoms with Gasteiger partial charge in [0.1, 0.15) is 29.9 Å². The maximum Gasteiger partial charge on any atom is 0.262 e. The molecule has 8 rings (SSSR count). The molecule has 2 aliphatic heterocycles. The first-order valence-electron chi connectivity index (χ1n) is 21.3.